The molecule has 20 heavy (non-hydrogen) atoms. The Hall–Kier alpha value is -1.91. The Bertz CT molecular complexity index is 623. The van der Waals surface area contributed by atoms with Gasteiger partial charge in [0.15, 0.2) is 5.11 Å². The number of nitrogens with zero attached hydrogens (tertiary/aromatic N) is 1. The van der Waals surface area contributed by atoms with E-state index in [1.54, 1.807) is 6.21 Å². The summed E-state index contributed by atoms with van der Waals surface area (Å²) in [5, 5.41) is 8.28. The lowest BCUT2D eigenvalue weighted by Gasteiger charge is -2.07. The molecule has 0 aliphatic heterocycles. The van der Waals surface area contributed by atoms with Gasteiger partial charge in [0.05, 0.1) is 6.21 Å². The number of benzene rings is 2. The Morgan fingerprint density at radius 3 is 2.65 bits per heavy atom. The van der Waals surface area contributed by atoms with E-state index in [-0.39, 0.29) is 0 Å². The lowest BCUT2D eigenvalue weighted by molar-refractivity contribution is 1.05. The van der Waals surface area contributed by atoms with Gasteiger partial charge in [-0.2, -0.15) is 5.10 Å². The van der Waals surface area contributed by atoms with Crippen molar-refractivity contribution in [1.29, 1.82) is 0 Å². The van der Waals surface area contributed by atoms with Crippen LogP contribution in [-0.4, -0.2) is 11.3 Å². The highest BCUT2D eigenvalue weighted by Gasteiger charge is 1.96. The second-order valence-electron chi connectivity index (χ2n) is 4.25. The van der Waals surface area contributed by atoms with Gasteiger partial charge >= 0.3 is 0 Å². The van der Waals surface area contributed by atoms with Crippen LogP contribution in [0.5, 0.6) is 0 Å². The summed E-state index contributed by atoms with van der Waals surface area (Å²) in [6.07, 6.45) is 1.68. The highest BCUT2D eigenvalue weighted by molar-refractivity contribution is 7.80. The average Bonchev–Trinajstić information content (AvgIpc) is 2.41. The quantitative estimate of drug-likeness (QED) is 0.512. The monoisotopic (exact) mass is 303 g/mol. The van der Waals surface area contributed by atoms with Crippen LogP contribution in [0.25, 0.3) is 0 Å². The molecule has 2 aromatic rings. The van der Waals surface area contributed by atoms with Gasteiger partial charge in [0, 0.05) is 10.7 Å². The van der Waals surface area contributed by atoms with Crippen molar-refractivity contribution < 1.29 is 0 Å². The minimum Gasteiger partial charge on any atom is -0.331 e. The van der Waals surface area contributed by atoms with Gasteiger partial charge in [-0.1, -0.05) is 35.9 Å². The van der Waals surface area contributed by atoms with Gasteiger partial charge in [-0.25, -0.2) is 0 Å². The first-order valence-corrected chi connectivity index (χ1v) is 6.84. The summed E-state index contributed by atoms with van der Waals surface area (Å²) >= 11 is 11.0. The topological polar surface area (TPSA) is 36.4 Å². The van der Waals surface area contributed by atoms with Crippen molar-refractivity contribution in [3.05, 3.63) is 64.7 Å². The molecular weight excluding hydrogens is 290 g/mol. The molecule has 0 spiro atoms. The smallest absolute Gasteiger partial charge is 0.191 e. The number of rotatable bonds is 3. The van der Waals surface area contributed by atoms with E-state index >= 15 is 0 Å². The number of halogens is 1. The molecule has 0 aliphatic rings. The molecule has 3 nitrogen and oxygen atoms in total. The summed E-state index contributed by atoms with van der Waals surface area (Å²) in [5.41, 5.74) is 5.82. The standard InChI is InChI=1S/C15H14ClN3S/c1-11-3-2-4-14(9-11)18-15(20)19-17-10-12-5-7-13(16)8-6-12/h2-10H,1H3,(H2,18,19,20)/b17-10+. The van der Waals surface area contributed by atoms with Gasteiger partial charge in [0.25, 0.3) is 0 Å². The molecule has 2 aromatic carbocycles. The normalized spacial score (nSPS) is 10.5. The third kappa shape index (κ3) is 4.64. The van der Waals surface area contributed by atoms with Crippen LogP contribution in [0.3, 0.4) is 0 Å². The lowest BCUT2D eigenvalue weighted by atomic mass is 10.2. The van der Waals surface area contributed by atoms with E-state index in [9.17, 15) is 0 Å². The zero-order valence-corrected chi connectivity index (χ0v) is 12.5. The SMILES string of the molecule is Cc1cccc(NC(=S)N/N=C/c2ccc(Cl)cc2)c1. The Labute approximate surface area is 128 Å². The van der Waals surface area contributed by atoms with Crippen LogP contribution in [-0.2, 0) is 0 Å². The maximum absolute atomic E-state index is 5.81. The second kappa shape index (κ2) is 7.03. The summed E-state index contributed by atoms with van der Waals surface area (Å²) in [7, 11) is 0. The van der Waals surface area contributed by atoms with Crippen LogP contribution in [0, 0.1) is 6.92 Å². The lowest BCUT2D eigenvalue weighted by Crippen LogP contribution is -2.23. The number of hydrogen-bond acceptors (Lipinski definition) is 2. The fraction of sp³-hybridized carbons (Fsp3) is 0.0667. The van der Waals surface area contributed by atoms with Crippen LogP contribution in [0.1, 0.15) is 11.1 Å². The molecule has 5 heteroatoms. The molecule has 0 fully saturated rings. The number of hydrazone groups is 1. The van der Waals surface area contributed by atoms with E-state index in [1.807, 2.05) is 55.5 Å². The van der Waals surface area contributed by atoms with Crippen molar-refractivity contribution >= 4 is 40.8 Å². The van der Waals surface area contributed by atoms with Crippen LogP contribution >= 0.6 is 23.8 Å². The summed E-state index contributed by atoms with van der Waals surface area (Å²) in [6.45, 7) is 2.03. The molecule has 102 valence electrons. The maximum atomic E-state index is 5.81. The zero-order chi connectivity index (χ0) is 14.4. The Kier molecular flexibility index (Phi) is 5.09. The molecule has 0 atom stereocenters. The van der Waals surface area contributed by atoms with Gasteiger partial charge in [0.2, 0.25) is 0 Å². The summed E-state index contributed by atoms with van der Waals surface area (Å²) in [4.78, 5) is 0. The van der Waals surface area contributed by atoms with Gasteiger partial charge in [-0.3, -0.25) is 5.43 Å². The van der Waals surface area contributed by atoms with E-state index < -0.39 is 0 Å². The largest absolute Gasteiger partial charge is 0.331 e. The molecule has 0 heterocycles. The number of hydrogen-bond donors (Lipinski definition) is 2. The summed E-state index contributed by atoms with van der Waals surface area (Å²) in [6, 6.07) is 15.3. The van der Waals surface area contributed by atoms with Crippen LogP contribution in [0.4, 0.5) is 5.69 Å². The van der Waals surface area contributed by atoms with Gasteiger partial charge in [0.1, 0.15) is 0 Å². The van der Waals surface area contributed by atoms with Gasteiger partial charge in [-0.15, -0.1) is 0 Å². The van der Waals surface area contributed by atoms with Crippen molar-refractivity contribution in [1.82, 2.24) is 5.43 Å². The molecule has 0 bridgehead atoms. The van der Waals surface area contributed by atoms with Gasteiger partial charge in [-0.05, 0) is 54.5 Å². The molecular formula is C15H14ClN3S. The van der Waals surface area contributed by atoms with Crippen LogP contribution in [0.15, 0.2) is 53.6 Å². The molecule has 0 aromatic heterocycles. The molecule has 0 radical (unpaired) electrons. The molecule has 0 saturated carbocycles. The minimum absolute atomic E-state index is 0.445. The first-order chi connectivity index (χ1) is 9.63. The van der Waals surface area contributed by atoms with Crippen molar-refractivity contribution in [2.24, 2.45) is 5.10 Å². The fourth-order valence-electron chi connectivity index (χ4n) is 1.60. The predicted molar refractivity (Wildman–Crippen MR) is 89.6 cm³/mol. The van der Waals surface area contributed by atoms with E-state index in [1.165, 1.54) is 5.56 Å². The maximum Gasteiger partial charge on any atom is 0.191 e. The molecule has 2 rings (SSSR count). The number of anilines is 1. The first kappa shape index (κ1) is 14.5. The Balaban J connectivity index is 1.87. The average molecular weight is 304 g/mol. The Morgan fingerprint density at radius 2 is 1.95 bits per heavy atom. The first-order valence-electron chi connectivity index (χ1n) is 6.06. The fourth-order valence-corrected chi connectivity index (χ4v) is 1.89. The highest BCUT2D eigenvalue weighted by atomic mass is 35.5. The van der Waals surface area contributed by atoms with Crippen molar-refractivity contribution in [2.45, 2.75) is 6.92 Å². The van der Waals surface area contributed by atoms with E-state index in [0.717, 1.165) is 11.3 Å². The third-order valence-electron chi connectivity index (χ3n) is 2.53. The zero-order valence-electron chi connectivity index (χ0n) is 10.9. The molecule has 0 aliphatic carbocycles. The molecule has 0 saturated heterocycles. The number of nitrogens with one attached hydrogen (secondary N) is 2. The van der Waals surface area contributed by atoms with Crippen molar-refractivity contribution in [3.8, 4) is 0 Å². The third-order valence-corrected chi connectivity index (χ3v) is 2.97. The minimum atomic E-state index is 0.445. The van der Waals surface area contributed by atoms with E-state index in [0.29, 0.717) is 10.1 Å². The molecule has 0 unspecified atom stereocenters. The van der Waals surface area contributed by atoms with Crippen molar-refractivity contribution in [2.75, 3.05) is 5.32 Å². The molecule has 2 N–H and O–H groups in total. The second-order valence-corrected chi connectivity index (χ2v) is 5.09. The summed E-state index contributed by atoms with van der Waals surface area (Å²) < 4.78 is 0. The summed E-state index contributed by atoms with van der Waals surface area (Å²) in [5.74, 6) is 0. The predicted octanol–water partition coefficient (Wildman–Crippen LogP) is 3.97. The highest BCUT2D eigenvalue weighted by Crippen LogP contribution is 2.09. The molecule has 0 amide bonds. The Morgan fingerprint density at radius 1 is 1.20 bits per heavy atom. The van der Waals surface area contributed by atoms with E-state index in [4.69, 9.17) is 23.8 Å². The van der Waals surface area contributed by atoms with Crippen LogP contribution in [0.2, 0.25) is 5.02 Å². The van der Waals surface area contributed by atoms with Crippen LogP contribution < -0.4 is 10.7 Å². The van der Waals surface area contributed by atoms with E-state index in [2.05, 4.69) is 15.8 Å². The van der Waals surface area contributed by atoms with Gasteiger partial charge < -0.3 is 5.32 Å². The number of thiocarbonyl (C=S) groups is 1. The van der Waals surface area contributed by atoms with Crippen molar-refractivity contribution in [3.63, 3.8) is 0 Å². The number of aryl methyl sites for hydroxylation is 1.